The number of hydrogen-bond acceptors (Lipinski definition) is 2. The zero-order valence-corrected chi connectivity index (χ0v) is 17.2. The van der Waals surface area contributed by atoms with Crippen LogP contribution in [0.15, 0.2) is 66.7 Å². The summed E-state index contributed by atoms with van der Waals surface area (Å²) in [4.78, 5) is 0. The largest absolute Gasteiger partial charge is 0.493 e. The Morgan fingerprint density at radius 3 is 2.07 bits per heavy atom. The molecule has 0 radical (unpaired) electrons. The molecule has 4 rings (SSSR count). The van der Waals surface area contributed by atoms with Crippen LogP contribution in [0.2, 0.25) is 5.02 Å². The van der Waals surface area contributed by atoms with Crippen molar-refractivity contribution in [3.8, 4) is 11.5 Å². The molecule has 3 aromatic rings. The number of halogens is 4. The molecule has 1 aliphatic rings. The second kappa shape index (κ2) is 7.55. The average Bonchev–Trinajstić information content (AvgIpc) is 3.09. The molecule has 2 atom stereocenters. The van der Waals surface area contributed by atoms with Gasteiger partial charge < -0.3 is 9.47 Å². The van der Waals surface area contributed by atoms with E-state index >= 15 is 0 Å². The molecule has 0 fully saturated rings. The van der Waals surface area contributed by atoms with E-state index in [2.05, 4.69) is 0 Å². The van der Waals surface area contributed by atoms with E-state index in [9.17, 15) is 13.2 Å². The van der Waals surface area contributed by atoms with Crippen LogP contribution in [-0.4, -0.2) is 20.4 Å². The number of fused-ring (bicyclic) bond motifs is 1. The van der Waals surface area contributed by atoms with Crippen molar-refractivity contribution in [1.29, 1.82) is 0 Å². The first kappa shape index (κ1) is 20.6. The van der Waals surface area contributed by atoms with Crippen molar-refractivity contribution in [3.63, 3.8) is 0 Å². The standard InChI is InChI=1S/C24H20ClF3O2/c1-29-21-12-18-19(15-8-10-17(25)11-9-15)14-23(24(26,27)28,16-6-4-3-5-7-16)20(18)13-22(21)30-2/h3-13,19H,14H2,1-2H3/t19-,23+/m0/s1. The van der Waals surface area contributed by atoms with Crippen LogP contribution in [0.25, 0.3) is 0 Å². The van der Waals surface area contributed by atoms with E-state index in [1.807, 2.05) is 0 Å². The van der Waals surface area contributed by atoms with Crippen LogP contribution >= 0.6 is 11.6 Å². The zero-order valence-electron chi connectivity index (χ0n) is 16.5. The quantitative estimate of drug-likeness (QED) is 0.454. The molecule has 1 aliphatic carbocycles. The summed E-state index contributed by atoms with van der Waals surface area (Å²) in [5, 5.41) is 0.537. The van der Waals surface area contributed by atoms with Gasteiger partial charge in [0.1, 0.15) is 5.41 Å². The van der Waals surface area contributed by atoms with Crippen LogP contribution in [0, 0.1) is 0 Å². The average molecular weight is 433 g/mol. The number of rotatable bonds is 4. The van der Waals surface area contributed by atoms with Gasteiger partial charge >= 0.3 is 6.18 Å². The van der Waals surface area contributed by atoms with Gasteiger partial charge in [-0.2, -0.15) is 13.2 Å². The van der Waals surface area contributed by atoms with Crippen LogP contribution in [0.1, 0.15) is 34.6 Å². The molecule has 0 saturated carbocycles. The fraction of sp³-hybridized carbons (Fsp3) is 0.250. The number of hydrogen-bond donors (Lipinski definition) is 0. The Hall–Kier alpha value is -2.66. The fourth-order valence-electron chi connectivity index (χ4n) is 4.50. The SMILES string of the molecule is COc1cc2c(cc1OC)[C@@](c1ccccc1)(C(F)(F)F)C[C@H]2c1ccc(Cl)cc1. The van der Waals surface area contributed by atoms with Gasteiger partial charge in [-0.15, -0.1) is 0 Å². The Balaban J connectivity index is 2.03. The lowest BCUT2D eigenvalue weighted by Crippen LogP contribution is -2.41. The molecule has 0 bridgehead atoms. The molecule has 0 heterocycles. The summed E-state index contributed by atoms with van der Waals surface area (Å²) in [6.45, 7) is 0. The molecule has 2 nitrogen and oxygen atoms in total. The zero-order chi connectivity index (χ0) is 21.5. The molecule has 0 saturated heterocycles. The molecule has 6 heteroatoms. The Morgan fingerprint density at radius 1 is 0.900 bits per heavy atom. The molecule has 0 N–H and O–H groups in total. The van der Waals surface area contributed by atoms with Gasteiger partial charge in [0.25, 0.3) is 0 Å². The van der Waals surface area contributed by atoms with Crippen molar-refractivity contribution in [3.05, 3.63) is 94.0 Å². The molecule has 0 aromatic heterocycles. The number of ether oxygens (including phenoxy) is 2. The summed E-state index contributed by atoms with van der Waals surface area (Å²) in [6.07, 6.45) is -4.66. The van der Waals surface area contributed by atoms with E-state index in [1.54, 1.807) is 48.5 Å². The minimum absolute atomic E-state index is 0.145. The lowest BCUT2D eigenvalue weighted by Gasteiger charge is -2.34. The van der Waals surface area contributed by atoms with Gasteiger partial charge in [0.05, 0.1) is 14.2 Å². The van der Waals surface area contributed by atoms with Gasteiger partial charge in [-0.1, -0.05) is 54.1 Å². The lowest BCUT2D eigenvalue weighted by atomic mass is 9.74. The monoisotopic (exact) mass is 432 g/mol. The van der Waals surface area contributed by atoms with Crippen molar-refractivity contribution in [2.24, 2.45) is 0 Å². The van der Waals surface area contributed by atoms with Crippen molar-refractivity contribution < 1.29 is 22.6 Å². The third-order valence-corrected chi connectivity index (χ3v) is 6.18. The topological polar surface area (TPSA) is 18.5 Å². The third-order valence-electron chi connectivity index (χ3n) is 5.92. The molecular weight excluding hydrogens is 413 g/mol. The van der Waals surface area contributed by atoms with E-state index in [0.29, 0.717) is 16.3 Å². The molecule has 0 unspecified atom stereocenters. The van der Waals surface area contributed by atoms with Crippen LogP contribution < -0.4 is 9.47 Å². The molecule has 156 valence electrons. The van der Waals surface area contributed by atoms with Crippen LogP contribution in [-0.2, 0) is 5.41 Å². The summed E-state index contributed by atoms with van der Waals surface area (Å²) < 4.78 is 55.3. The fourth-order valence-corrected chi connectivity index (χ4v) is 4.63. The molecule has 0 aliphatic heterocycles. The van der Waals surface area contributed by atoms with E-state index in [0.717, 1.165) is 5.56 Å². The van der Waals surface area contributed by atoms with Gasteiger partial charge in [-0.05, 0) is 52.9 Å². The first-order valence-electron chi connectivity index (χ1n) is 9.46. The van der Waals surface area contributed by atoms with Gasteiger partial charge in [0, 0.05) is 10.9 Å². The predicted molar refractivity (Wildman–Crippen MR) is 111 cm³/mol. The van der Waals surface area contributed by atoms with E-state index < -0.39 is 17.5 Å². The molecular formula is C24H20ClF3O2. The highest BCUT2D eigenvalue weighted by atomic mass is 35.5. The van der Waals surface area contributed by atoms with Crippen molar-refractivity contribution in [1.82, 2.24) is 0 Å². The van der Waals surface area contributed by atoms with Crippen molar-refractivity contribution >= 4 is 11.6 Å². The van der Waals surface area contributed by atoms with E-state index in [4.69, 9.17) is 21.1 Å². The predicted octanol–water partition coefficient (Wildman–Crippen LogP) is 6.74. The Morgan fingerprint density at radius 2 is 1.50 bits per heavy atom. The summed E-state index contributed by atoms with van der Waals surface area (Å²) >= 11 is 6.01. The van der Waals surface area contributed by atoms with Gasteiger partial charge in [0.15, 0.2) is 11.5 Å². The van der Waals surface area contributed by atoms with Crippen LogP contribution in [0.4, 0.5) is 13.2 Å². The maximum absolute atomic E-state index is 14.9. The number of alkyl halides is 3. The highest BCUT2D eigenvalue weighted by molar-refractivity contribution is 6.30. The smallest absolute Gasteiger partial charge is 0.402 e. The van der Waals surface area contributed by atoms with Gasteiger partial charge in [0.2, 0.25) is 0 Å². The molecule has 0 amide bonds. The van der Waals surface area contributed by atoms with Crippen molar-refractivity contribution in [2.45, 2.75) is 23.9 Å². The Kier molecular flexibility index (Phi) is 5.18. The molecule has 30 heavy (non-hydrogen) atoms. The highest BCUT2D eigenvalue weighted by Gasteiger charge is 2.62. The van der Waals surface area contributed by atoms with Crippen molar-refractivity contribution in [2.75, 3.05) is 14.2 Å². The molecule has 0 spiro atoms. The maximum Gasteiger partial charge on any atom is 0.402 e. The summed E-state index contributed by atoms with van der Waals surface area (Å²) in [5.74, 6) is 0.206. The minimum atomic E-state index is -4.51. The third kappa shape index (κ3) is 3.12. The van der Waals surface area contributed by atoms with E-state index in [1.165, 1.54) is 32.4 Å². The van der Waals surface area contributed by atoms with Crippen LogP contribution in [0.5, 0.6) is 11.5 Å². The van der Waals surface area contributed by atoms with E-state index in [-0.39, 0.29) is 23.3 Å². The summed E-state index contributed by atoms with van der Waals surface area (Å²) in [7, 11) is 2.90. The number of methoxy groups -OCH3 is 2. The number of benzene rings is 3. The lowest BCUT2D eigenvalue weighted by molar-refractivity contribution is -0.178. The Bertz CT molecular complexity index is 1050. The maximum atomic E-state index is 14.9. The summed E-state index contributed by atoms with van der Waals surface area (Å²) in [6, 6.07) is 18.2. The first-order valence-corrected chi connectivity index (χ1v) is 9.83. The summed E-state index contributed by atoms with van der Waals surface area (Å²) in [5.41, 5.74) is -0.403. The first-order chi connectivity index (χ1) is 14.3. The van der Waals surface area contributed by atoms with Gasteiger partial charge in [-0.3, -0.25) is 0 Å². The highest BCUT2D eigenvalue weighted by Crippen LogP contribution is 2.61. The van der Waals surface area contributed by atoms with Gasteiger partial charge in [-0.25, -0.2) is 0 Å². The second-order valence-electron chi connectivity index (χ2n) is 7.37. The molecule has 3 aromatic carbocycles. The normalized spacial score (nSPS) is 20.7. The Labute approximate surface area is 178 Å². The minimum Gasteiger partial charge on any atom is -0.493 e. The van der Waals surface area contributed by atoms with Crippen LogP contribution in [0.3, 0.4) is 0 Å². The second-order valence-corrected chi connectivity index (χ2v) is 7.81.